The second-order valence-corrected chi connectivity index (χ2v) is 7.77. The quantitative estimate of drug-likeness (QED) is 0.873. The number of hydrogen-bond donors (Lipinski definition) is 1. The van der Waals surface area contributed by atoms with Crippen molar-refractivity contribution >= 4 is 16.0 Å². The van der Waals surface area contributed by atoms with Crippen LogP contribution in [-0.4, -0.2) is 61.4 Å². The molecular weight excluding hydrogens is 304 g/mol. The Labute approximate surface area is 131 Å². The first-order chi connectivity index (χ1) is 10.3. The van der Waals surface area contributed by atoms with Crippen LogP contribution in [0.3, 0.4) is 0 Å². The highest BCUT2D eigenvalue weighted by molar-refractivity contribution is 7.88. The fraction of sp³-hybridized carbons (Fsp3) is 0.533. The zero-order valence-corrected chi connectivity index (χ0v) is 13.7. The minimum Gasteiger partial charge on any atom is -0.480 e. The van der Waals surface area contributed by atoms with E-state index >= 15 is 0 Å². The van der Waals surface area contributed by atoms with Gasteiger partial charge in [0.1, 0.15) is 6.04 Å². The third kappa shape index (κ3) is 3.85. The fourth-order valence-electron chi connectivity index (χ4n) is 2.82. The van der Waals surface area contributed by atoms with Crippen molar-refractivity contribution in [1.29, 1.82) is 0 Å². The van der Waals surface area contributed by atoms with Crippen LogP contribution in [0.4, 0.5) is 0 Å². The van der Waals surface area contributed by atoms with Gasteiger partial charge in [0.15, 0.2) is 0 Å². The number of nitrogens with zero attached hydrogens (tertiary/aromatic N) is 2. The zero-order valence-electron chi connectivity index (χ0n) is 12.8. The summed E-state index contributed by atoms with van der Waals surface area (Å²) in [6, 6.07) is 7.94. The van der Waals surface area contributed by atoms with E-state index in [1.54, 1.807) is 24.3 Å². The second-order valence-electron chi connectivity index (χ2n) is 5.85. The highest BCUT2D eigenvalue weighted by Crippen LogP contribution is 2.25. The van der Waals surface area contributed by atoms with E-state index in [4.69, 9.17) is 0 Å². The first-order valence-electron chi connectivity index (χ1n) is 7.24. The smallest absolute Gasteiger partial charge is 0.322 e. The molecule has 122 valence electrons. The van der Waals surface area contributed by atoms with Crippen molar-refractivity contribution in [1.82, 2.24) is 9.21 Å². The third-order valence-electron chi connectivity index (χ3n) is 4.09. The lowest BCUT2D eigenvalue weighted by Gasteiger charge is -2.38. The highest BCUT2D eigenvalue weighted by Gasteiger charge is 2.40. The van der Waals surface area contributed by atoms with Crippen LogP contribution in [0.15, 0.2) is 30.3 Å². The van der Waals surface area contributed by atoms with Gasteiger partial charge >= 0.3 is 5.97 Å². The predicted octanol–water partition coefficient (Wildman–Crippen LogP) is 0.996. The number of benzene rings is 1. The Morgan fingerprint density at radius 2 is 1.95 bits per heavy atom. The SMILES string of the molecule is CN(C)[C@@H]1CCN(S(=O)(=O)Cc2ccccc2)[C@H](C(=O)O)C1. The number of sulfonamides is 1. The predicted molar refractivity (Wildman–Crippen MR) is 83.9 cm³/mol. The van der Waals surface area contributed by atoms with Crippen LogP contribution in [0.5, 0.6) is 0 Å². The van der Waals surface area contributed by atoms with Crippen molar-refractivity contribution in [2.24, 2.45) is 0 Å². The number of rotatable bonds is 5. The molecule has 0 amide bonds. The molecule has 2 rings (SSSR count). The third-order valence-corrected chi connectivity index (χ3v) is 5.94. The van der Waals surface area contributed by atoms with E-state index in [0.29, 0.717) is 18.4 Å². The van der Waals surface area contributed by atoms with E-state index < -0.39 is 22.0 Å². The monoisotopic (exact) mass is 326 g/mol. The van der Waals surface area contributed by atoms with Gasteiger partial charge in [-0.25, -0.2) is 8.42 Å². The summed E-state index contributed by atoms with van der Waals surface area (Å²) in [5, 5.41) is 9.41. The lowest BCUT2D eigenvalue weighted by Crippen LogP contribution is -2.54. The maximum absolute atomic E-state index is 12.6. The summed E-state index contributed by atoms with van der Waals surface area (Å²) in [5.74, 6) is -1.24. The average molecular weight is 326 g/mol. The molecule has 0 bridgehead atoms. The van der Waals surface area contributed by atoms with Gasteiger partial charge in [0, 0.05) is 12.6 Å². The molecule has 0 spiro atoms. The Morgan fingerprint density at radius 1 is 1.32 bits per heavy atom. The van der Waals surface area contributed by atoms with Crippen molar-refractivity contribution in [2.75, 3.05) is 20.6 Å². The normalized spacial score (nSPS) is 23.6. The Balaban J connectivity index is 2.20. The van der Waals surface area contributed by atoms with Gasteiger partial charge in [-0.15, -0.1) is 0 Å². The van der Waals surface area contributed by atoms with Gasteiger partial charge in [-0.3, -0.25) is 4.79 Å². The first kappa shape index (κ1) is 16.9. The van der Waals surface area contributed by atoms with E-state index in [0.717, 1.165) is 4.31 Å². The van der Waals surface area contributed by atoms with E-state index in [-0.39, 0.29) is 18.3 Å². The summed E-state index contributed by atoms with van der Waals surface area (Å²) in [6.45, 7) is 0.245. The summed E-state index contributed by atoms with van der Waals surface area (Å²) in [6.07, 6.45) is 0.959. The molecule has 6 nitrogen and oxygen atoms in total. The van der Waals surface area contributed by atoms with Crippen LogP contribution in [0.2, 0.25) is 0 Å². The number of hydrogen-bond acceptors (Lipinski definition) is 4. The van der Waals surface area contributed by atoms with Crippen molar-refractivity contribution < 1.29 is 18.3 Å². The van der Waals surface area contributed by atoms with Gasteiger partial charge in [0.05, 0.1) is 5.75 Å². The molecule has 0 saturated carbocycles. The second kappa shape index (κ2) is 6.76. The number of aliphatic carboxylic acids is 1. The number of carboxylic acid groups (broad SMARTS) is 1. The number of piperidine rings is 1. The Hall–Kier alpha value is -1.44. The summed E-state index contributed by atoms with van der Waals surface area (Å²) in [5.41, 5.74) is 0.668. The van der Waals surface area contributed by atoms with Crippen LogP contribution in [0.25, 0.3) is 0 Å². The van der Waals surface area contributed by atoms with Gasteiger partial charge in [-0.05, 0) is 32.5 Å². The van der Waals surface area contributed by atoms with E-state index in [2.05, 4.69) is 0 Å². The van der Waals surface area contributed by atoms with Crippen LogP contribution < -0.4 is 0 Å². The first-order valence-corrected chi connectivity index (χ1v) is 8.85. The van der Waals surface area contributed by atoms with E-state index in [1.165, 1.54) is 0 Å². The standard InChI is InChI=1S/C15H22N2O4S/c1-16(2)13-8-9-17(14(10-13)15(18)19)22(20,21)11-12-6-4-3-5-7-12/h3-7,13-14H,8-11H2,1-2H3,(H,18,19)/t13-,14+/m1/s1. The summed E-state index contributed by atoms with van der Waals surface area (Å²) in [7, 11) is 0.128. The molecule has 1 aliphatic rings. The van der Waals surface area contributed by atoms with Gasteiger partial charge < -0.3 is 10.0 Å². The summed E-state index contributed by atoms with van der Waals surface area (Å²) >= 11 is 0. The topological polar surface area (TPSA) is 77.9 Å². The highest BCUT2D eigenvalue weighted by atomic mass is 32.2. The van der Waals surface area contributed by atoms with Crippen molar-refractivity contribution in [3.05, 3.63) is 35.9 Å². The number of carbonyl (C=O) groups is 1. The largest absolute Gasteiger partial charge is 0.480 e. The zero-order chi connectivity index (χ0) is 16.3. The molecular formula is C15H22N2O4S. The molecule has 2 atom stereocenters. The molecule has 1 N–H and O–H groups in total. The summed E-state index contributed by atoms with van der Waals surface area (Å²) < 4.78 is 26.3. The van der Waals surface area contributed by atoms with Gasteiger partial charge in [-0.1, -0.05) is 30.3 Å². The van der Waals surface area contributed by atoms with Gasteiger partial charge in [0.25, 0.3) is 0 Å². The molecule has 1 aromatic rings. The van der Waals surface area contributed by atoms with E-state index in [9.17, 15) is 18.3 Å². The lowest BCUT2D eigenvalue weighted by atomic mass is 9.99. The lowest BCUT2D eigenvalue weighted by molar-refractivity contribution is -0.143. The minimum atomic E-state index is -3.65. The fourth-order valence-corrected chi connectivity index (χ4v) is 4.55. The summed E-state index contributed by atoms with van der Waals surface area (Å²) in [4.78, 5) is 13.5. The van der Waals surface area contributed by atoms with Crippen LogP contribution in [0, 0.1) is 0 Å². The molecule has 1 aromatic carbocycles. The molecule has 0 unspecified atom stereocenters. The molecule has 22 heavy (non-hydrogen) atoms. The molecule has 1 fully saturated rings. The number of carboxylic acids is 1. The van der Waals surface area contributed by atoms with E-state index in [1.807, 2.05) is 25.1 Å². The Kier molecular flexibility index (Phi) is 5.20. The molecule has 1 heterocycles. The van der Waals surface area contributed by atoms with Crippen LogP contribution >= 0.6 is 0 Å². The van der Waals surface area contributed by atoms with Crippen molar-refractivity contribution in [3.63, 3.8) is 0 Å². The molecule has 0 radical (unpaired) electrons. The molecule has 7 heteroatoms. The van der Waals surface area contributed by atoms with Gasteiger partial charge in [0.2, 0.25) is 10.0 Å². The van der Waals surface area contributed by atoms with Crippen molar-refractivity contribution in [2.45, 2.75) is 30.7 Å². The molecule has 1 saturated heterocycles. The maximum Gasteiger partial charge on any atom is 0.322 e. The van der Waals surface area contributed by atoms with Gasteiger partial charge in [-0.2, -0.15) is 4.31 Å². The molecule has 0 aromatic heterocycles. The van der Waals surface area contributed by atoms with Crippen LogP contribution in [-0.2, 0) is 20.6 Å². The minimum absolute atomic E-state index is 0.0873. The Bertz CT molecular complexity index is 616. The van der Waals surface area contributed by atoms with Crippen molar-refractivity contribution in [3.8, 4) is 0 Å². The Morgan fingerprint density at radius 3 is 2.50 bits per heavy atom. The molecule has 0 aliphatic carbocycles. The van der Waals surface area contributed by atoms with Crippen LogP contribution in [0.1, 0.15) is 18.4 Å². The molecule has 1 aliphatic heterocycles. The maximum atomic E-state index is 12.6. The average Bonchev–Trinajstić information content (AvgIpc) is 2.47.